The number of hydrogen-bond donors (Lipinski definition) is 0. The molecule has 0 bridgehead atoms. The molecule has 1 nitrogen and oxygen atoms in total. The Hall–Kier alpha value is -1.28. The summed E-state index contributed by atoms with van der Waals surface area (Å²) >= 11 is 3.68. The van der Waals surface area contributed by atoms with Crippen molar-refractivity contribution in [1.29, 1.82) is 0 Å². The van der Waals surface area contributed by atoms with Crippen LogP contribution in [0.2, 0.25) is 0 Å². The molecule has 24 heavy (non-hydrogen) atoms. The lowest BCUT2D eigenvalue weighted by atomic mass is 10.0. The van der Waals surface area contributed by atoms with Crippen LogP contribution in [0.25, 0.3) is 11.1 Å². The van der Waals surface area contributed by atoms with Crippen LogP contribution in [-0.2, 0) is 6.42 Å². The van der Waals surface area contributed by atoms with Gasteiger partial charge in [0.1, 0.15) is 0 Å². The molecule has 0 N–H and O–H groups in total. The fourth-order valence-electron chi connectivity index (χ4n) is 3.56. The van der Waals surface area contributed by atoms with Crippen LogP contribution in [-0.4, -0.2) is 13.1 Å². The van der Waals surface area contributed by atoms with E-state index < -0.39 is 0 Å². The minimum atomic E-state index is 1.06. The van der Waals surface area contributed by atoms with Crippen LogP contribution in [0.4, 0.5) is 5.69 Å². The first kappa shape index (κ1) is 17.5. The number of hydrogen-bond acceptors (Lipinski definition) is 1. The van der Waals surface area contributed by atoms with Crippen molar-refractivity contribution in [1.82, 2.24) is 0 Å². The van der Waals surface area contributed by atoms with Gasteiger partial charge in [0.05, 0.1) is 0 Å². The maximum atomic E-state index is 3.68. The van der Waals surface area contributed by atoms with Crippen LogP contribution >= 0.6 is 15.9 Å². The van der Waals surface area contributed by atoms with Gasteiger partial charge in [-0.2, -0.15) is 0 Å². The summed E-state index contributed by atoms with van der Waals surface area (Å²) in [5, 5.41) is 0. The number of nitrogens with zero attached hydrogens (tertiary/aromatic N) is 1. The Morgan fingerprint density at radius 1 is 0.917 bits per heavy atom. The summed E-state index contributed by atoms with van der Waals surface area (Å²) in [6.45, 7) is 9.07. The van der Waals surface area contributed by atoms with E-state index in [0.717, 1.165) is 6.42 Å². The lowest BCUT2D eigenvalue weighted by molar-refractivity contribution is 0.678. The Kier molecular flexibility index (Phi) is 5.65. The average molecular weight is 386 g/mol. The van der Waals surface area contributed by atoms with Gasteiger partial charge in [0.15, 0.2) is 0 Å². The van der Waals surface area contributed by atoms with Crippen LogP contribution < -0.4 is 4.90 Å². The molecule has 0 aliphatic heterocycles. The molecule has 2 heteroatoms. The predicted molar refractivity (Wildman–Crippen MR) is 109 cm³/mol. The van der Waals surface area contributed by atoms with Crippen molar-refractivity contribution >= 4 is 21.6 Å². The van der Waals surface area contributed by atoms with Crippen LogP contribution in [0.15, 0.2) is 34.8 Å². The number of rotatable bonds is 7. The van der Waals surface area contributed by atoms with E-state index in [1.54, 1.807) is 0 Å². The van der Waals surface area contributed by atoms with Crippen LogP contribution in [0.5, 0.6) is 0 Å². The molecule has 3 rings (SSSR count). The summed E-state index contributed by atoms with van der Waals surface area (Å²) in [5.41, 5.74) is 8.50. The Morgan fingerprint density at radius 2 is 1.58 bits per heavy atom. The zero-order chi connectivity index (χ0) is 17.1. The Labute approximate surface area is 155 Å². The van der Waals surface area contributed by atoms with Gasteiger partial charge in [-0.25, -0.2) is 0 Å². The van der Waals surface area contributed by atoms with E-state index in [2.05, 4.69) is 71.9 Å². The second-order valence-corrected chi connectivity index (χ2v) is 7.83. The summed E-state index contributed by atoms with van der Waals surface area (Å²) in [4.78, 5) is 2.58. The first-order valence-electron chi connectivity index (χ1n) is 9.31. The smallest absolute Gasteiger partial charge is 0.0372 e. The number of benzene rings is 2. The molecule has 0 radical (unpaired) electrons. The predicted octanol–water partition coefficient (Wildman–Crippen LogP) is 6.74. The Bertz CT molecular complexity index is 712. The molecular formula is C22H28BrN. The highest BCUT2D eigenvalue weighted by Crippen LogP contribution is 2.41. The molecule has 0 aromatic heterocycles. The summed E-state index contributed by atoms with van der Waals surface area (Å²) < 4.78 is 1.22. The Balaban J connectivity index is 1.94. The fraction of sp³-hybridized carbons (Fsp3) is 0.455. The third kappa shape index (κ3) is 3.54. The third-order valence-electron chi connectivity index (χ3n) is 5.08. The van der Waals surface area contributed by atoms with Crippen molar-refractivity contribution in [2.75, 3.05) is 18.0 Å². The van der Waals surface area contributed by atoms with Crippen LogP contribution in [0, 0.1) is 6.92 Å². The molecule has 0 saturated heterocycles. The maximum Gasteiger partial charge on any atom is 0.0372 e. The van der Waals surface area contributed by atoms with E-state index in [1.165, 1.54) is 76.8 Å². The minimum absolute atomic E-state index is 1.06. The molecule has 0 saturated carbocycles. The molecule has 2 aromatic rings. The molecule has 1 aliphatic rings. The van der Waals surface area contributed by atoms with E-state index in [0.29, 0.717) is 0 Å². The number of anilines is 1. The third-order valence-corrected chi connectivity index (χ3v) is 5.93. The lowest BCUT2D eigenvalue weighted by Gasteiger charge is -2.25. The van der Waals surface area contributed by atoms with Gasteiger partial charge in [-0.15, -0.1) is 0 Å². The summed E-state index contributed by atoms with van der Waals surface area (Å²) in [6, 6.07) is 11.8. The van der Waals surface area contributed by atoms with Gasteiger partial charge in [0, 0.05) is 23.2 Å². The first-order valence-corrected chi connectivity index (χ1v) is 10.1. The van der Waals surface area contributed by atoms with E-state index in [9.17, 15) is 0 Å². The number of fused-ring (bicyclic) bond motifs is 3. The fourth-order valence-corrected chi connectivity index (χ4v) is 3.95. The highest BCUT2D eigenvalue weighted by molar-refractivity contribution is 9.10. The van der Waals surface area contributed by atoms with E-state index >= 15 is 0 Å². The minimum Gasteiger partial charge on any atom is -0.372 e. The highest BCUT2D eigenvalue weighted by atomic mass is 79.9. The molecule has 1 aliphatic carbocycles. The average Bonchev–Trinajstić information content (AvgIpc) is 2.92. The van der Waals surface area contributed by atoms with Crippen molar-refractivity contribution in [2.45, 2.75) is 52.9 Å². The molecular weight excluding hydrogens is 358 g/mol. The van der Waals surface area contributed by atoms with Gasteiger partial charge in [-0.1, -0.05) is 54.8 Å². The molecule has 0 atom stereocenters. The Morgan fingerprint density at radius 3 is 2.25 bits per heavy atom. The molecule has 0 fully saturated rings. The number of aryl methyl sites for hydroxylation is 1. The van der Waals surface area contributed by atoms with Gasteiger partial charge in [-0.3, -0.25) is 0 Å². The van der Waals surface area contributed by atoms with Crippen LogP contribution in [0.1, 0.15) is 56.2 Å². The second-order valence-electron chi connectivity index (χ2n) is 6.97. The lowest BCUT2D eigenvalue weighted by Crippen LogP contribution is -2.25. The topological polar surface area (TPSA) is 3.24 Å². The van der Waals surface area contributed by atoms with Crippen molar-refractivity contribution in [3.63, 3.8) is 0 Å². The van der Waals surface area contributed by atoms with Crippen molar-refractivity contribution < 1.29 is 0 Å². The molecule has 0 unspecified atom stereocenters. The van der Waals surface area contributed by atoms with E-state index in [-0.39, 0.29) is 0 Å². The van der Waals surface area contributed by atoms with Gasteiger partial charge in [-0.05, 0) is 72.2 Å². The molecule has 0 heterocycles. The SMILES string of the molecule is CCCCN(CCCC)c1ccc2c(c1)-c1cc(C)c(Br)cc1C2. The monoisotopic (exact) mass is 385 g/mol. The zero-order valence-electron chi connectivity index (χ0n) is 15.2. The normalized spacial score (nSPS) is 12.2. The van der Waals surface area contributed by atoms with Gasteiger partial charge < -0.3 is 4.90 Å². The van der Waals surface area contributed by atoms with Gasteiger partial charge in [0.25, 0.3) is 0 Å². The van der Waals surface area contributed by atoms with Crippen molar-refractivity contribution in [3.05, 3.63) is 51.5 Å². The van der Waals surface area contributed by atoms with Crippen molar-refractivity contribution in [3.8, 4) is 11.1 Å². The summed E-state index contributed by atoms with van der Waals surface area (Å²) in [5.74, 6) is 0. The zero-order valence-corrected chi connectivity index (χ0v) is 16.7. The standard InChI is InChI=1S/C22H28BrN/c1-4-6-10-24(11-7-5-2)19-9-8-17-13-18-14-22(23)16(3)12-20(18)21(17)15-19/h8-9,12,14-15H,4-7,10-11,13H2,1-3H3. The molecule has 128 valence electrons. The van der Waals surface area contributed by atoms with E-state index in [1.807, 2.05) is 0 Å². The van der Waals surface area contributed by atoms with Gasteiger partial charge in [0.2, 0.25) is 0 Å². The number of halogens is 1. The second kappa shape index (κ2) is 7.74. The maximum absolute atomic E-state index is 3.68. The molecule has 0 amide bonds. The van der Waals surface area contributed by atoms with Gasteiger partial charge >= 0.3 is 0 Å². The number of unbranched alkanes of at least 4 members (excludes halogenated alkanes) is 2. The summed E-state index contributed by atoms with van der Waals surface area (Å²) in [7, 11) is 0. The first-order chi connectivity index (χ1) is 11.6. The quantitative estimate of drug-likeness (QED) is 0.435. The summed E-state index contributed by atoms with van der Waals surface area (Å²) in [6.07, 6.45) is 6.11. The highest BCUT2D eigenvalue weighted by Gasteiger charge is 2.20. The molecule has 0 spiro atoms. The van der Waals surface area contributed by atoms with Crippen LogP contribution in [0.3, 0.4) is 0 Å². The van der Waals surface area contributed by atoms with E-state index in [4.69, 9.17) is 0 Å². The van der Waals surface area contributed by atoms with Crippen molar-refractivity contribution in [2.24, 2.45) is 0 Å². The largest absolute Gasteiger partial charge is 0.372 e. The molecule has 2 aromatic carbocycles.